The maximum Gasteiger partial charge on any atom is 0.226 e. The molecule has 1 N–H and O–H groups in total. The molecule has 4 saturated carbocycles. The van der Waals surface area contributed by atoms with E-state index >= 15 is 0 Å². The molecule has 6 aliphatic rings. The van der Waals surface area contributed by atoms with Crippen LogP contribution in [0.4, 0.5) is 0 Å². The predicted octanol–water partition coefficient (Wildman–Crippen LogP) is 3.83. The Morgan fingerprint density at radius 2 is 1.75 bits per heavy atom. The average molecular weight is 393 g/mol. The molecule has 5 heteroatoms. The Kier molecular flexibility index (Phi) is 3.94. The molecule has 158 valence electrons. The Balaban J connectivity index is 1.39. The Labute approximate surface area is 168 Å². The van der Waals surface area contributed by atoms with Gasteiger partial charge in [0.1, 0.15) is 12.2 Å². The van der Waals surface area contributed by atoms with Gasteiger partial charge in [0.05, 0.1) is 6.10 Å². The van der Waals surface area contributed by atoms with Crippen molar-refractivity contribution < 1.29 is 24.1 Å². The minimum Gasteiger partial charge on any atom is -0.393 e. The highest BCUT2D eigenvalue weighted by molar-refractivity contribution is 5.21. The fourth-order valence-electron chi connectivity index (χ4n) is 9.39. The van der Waals surface area contributed by atoms with Gasteiger partial charge >= 0.3 is 0 Å². The summed E-state index contributed by atoms with van der Waals surface area (Å²) in [5, 5.41) is 11.6. The monoisotopic (exact) mass is 392 g/mol. The normalized spacial score (nSPS) is 60.8. The molecular weight excluding hydrogens is 356 g/mol. The summed E-state index contributed by atoms with van der Waals surface area (Å²) in [7, 11) is 0. The number of fused-ring (bicyclic) bond motifs is 7. The first kappa shape index (κ1) is 18.6. The zero-order chi connectivity index (χ0) is 19.2. The van der Waals surface area contributed by atoms with Gasteiger partial charge < -0.3 is 24.1 Å². The molecule has 2 heterocycles. The summed E-state index contributed by atoms with van der Waals surface area (Å²) < 4.78 is 24.2. The number of hydrogen-bond acceptors (Lipinski definition) is 5. The number of aliphatic hydroxyl groups is 1. The first-order valence-corrected chi connectivity index (χ1v) is 11.6. The van der Waals surface area contributed by atoms with Crippen molar-refractivity contribution in [3.63, 3.8) is 0 Å². The summed E-state index contributed by atoms with van der Waals surface area (Å²) in [6, 6.07) is 0. The minimum atomic E-state index is -0.783. The molecule has 0 aromatic carbocycles. The zero-order valence-corrected chi connectivity index (χ0v) is 17.5. The van der Waals surface area contributed by atoms with Crippen LogP contribution < -0.4 is 0 Å². The fraction of sp³-hybridized carbons (Fsp3) is 1.00. The second-order valence-electron chi connectivity index (χ2n) is 11.1. The standard InChI is InChI=1S/C23H36O5/c1-20-9-4-3-5-15(20)6-7-16-17-8-10-22(21(17,2)11-18(24)19(16)20)23(28-14-26-22)12-25-13-27-23/h15-19,24H,3-14H2,1-2H3/t15-,16+,17+,18-,19-,20+,21+,22-,23?/m1/s1. The quantitative estimate of drug-likeness (QED) is 0.679. The van der Waals surface area contributed by atoms with E-state index in [1.807, 2.05) is 0 Å². The maximum absolute atomic E-state index is 11.6. The molecule has 5 nitrogen and oxygen atoms in total. The van der Waals surface area contributed by atoms with E-state index in [1.165, 1.54) is 38.5 Å². The number of hydrogen-bond donors (Lipinski definition) is 1. The Morgan fingerprint density at radius 1 is 0.893 bits per heavy atom. The third-order valence-corrected chi connectivity index (χ3v) is 10.5. The topological polar surface area (TPSA) is 57.2 Å². The van der Waals surface area contributed by atoms with Crippen LogP contribution in [0.3, 0.4) is 0 Å². The van der Waals surface area contributed by atoms with Gasteiger partial charge in [-0.15, -0.1) is 0 Å². The molecular formula is C23H36O5. The van der Waals surface area contributed by atoms with E-state index in [-0.39, 0.29) is 25.1 Å². The minimum absolute atomic E-state index is 0.129. The fourth-order valence-corrected chi connectivity index (χ4v) is 9.39. The van der Waals surface area contributed by atoms with Crippen LogP contribution in [0.15, 0.2) is 0 Å². The van der Waals surface area contributed by atoms with Crippen molar-refractivity contribution in [3.8, 4) is 0 Å². The van der Waals surface area contributed by atoms with Gasteiger partial charge in [0, 0.05) is 5.41 Å². The molecule has 0 aromatic rings. The summed E-state index contributed by atoms with van der Waals surface area (Å²) in [5.74, 6) is 1.63. The van der Waals surface area contributed by atoms with Crippen molar-refractivity contribution in [2.75, 3.05) is 20.2 Å². The molecule has 6 rings (SSSR count). The molecule has 1 unspecified atom stereocenters. The van der Waals surface area contributed by atoms with Gasteiger partial charge in [-0.05, 0) is 74.0 Å². The van der Waals surface area contributed by atoms with E-state index in [4.69, 9.17) is 18.9 Å². The van der Waals surface area contributed by atoms with Gasteiger partial charge in [-0.3, -0.25) is 0 Å². The number of ether oxygens (including phenoxy) is 4. The summed E-state index contributed by atoms with van der Waals surface area (Å²) in [6.45, 7) is 5.86. The third-order valence-electron chi connectivity index (χ3n) is 10.5. The van der Waals surface area contributed by atoms with Crippen molar-refractivity contribution >= 4 is 0 Å². The van der Waals surface area contributed by atoms with Crippen LogP contribution in [-0.4, -0.2) is 42.8 Å². The van der Waals surface area contributed by atoms with Crippen LogP contribution in [0.5, 0.6) is 0 Å². The Bertz CT molecular complexity index is 641. The summed E-state index contributed by atoms with van der Waals surface area (Å²) in [5.41, 5.74) is -0.303. The van der Waals surface area contributed by atoms with Crippen molar-refractivity contribution in [3.05, 3.63) is 0 Å². The lowest BCUT2D eigenvalue weighted by molar-refractivity contribution is -0.262. The predicted molar refractivity (Wildman–Crippen MR) is 102 cm³/mol. The molecule has 0 radical (unpaired) electrons. The smallest absolute Gasteiger partial charge is 0.226 e. The van der Waals surface area contributed by atoms with Gasteiger partial charge in [-0.1, -0.05) is 26.7 Å². The SMILES string of the molecule is C[C@]12CCCC[C@@H]1CC[C@@H]1[C@@H]2[C@H](O)C[C@@]2(C)[C@H]1CC[C@@]21OCOC12COCO2. The van der Waals surface area contributed by atoms with Crippen molar-refractivity contribution in [1.29, 1.82) is 0 Å². The highest BCUT2D eigenvalue weighted by Crippen LogP contribution is 2.71. The molecule has 2 aliphatic heterocycles. The first-order valence-electron chi connectivity index (χ1n) is 11.6. The van der Waals surface area contributed by atoms with Crippen LogP contribution in [0.2, 0.25) is 0 Å². The van der Waals surface area contributed by atoms with Crippen LogP contribution in [-0.2, 0) is 18.9 Å². The van der Waals surface area contributed by atoms with Gasteiger partial charge in [-0.25, -0.2) is 0 Å². The third kappa shape index (κ3) is 2.01. The molecule has 0 amide bonds. The zero-order valence-electron chi connectivity index (χ0n) is 17.5. The van der Waals surface area contributed by atoms with Gasteiger partial charge in [0.15, 0.2) is 13.6 Å². The van der Waals surface area contributed by atoms with Crippen molar-refractivity contribution in [1.82, 2.24) is 0 Å². The highest BCUT2D eigenvalue weighted by Gasteiger charge is 2.76. The second kappa shape index (κ2) is 5.94. The summed E-state index contributed by atoms with van der Waals surface area (Å²) >= 11 is 0. The molecule has 2 spiro atoms. The molecule has 2 saturated heterocycles. The molecule has 0 aromatic heterocycles. The number of rotatable bonds is 0. The summed E-state index contributed by atoms with van der Waals surface area (Å²) in [6.07, 6.45) is 10.6. The van der Waals surface area contributed by atoms with E-state index in [1.54, 1.807) is 0 Å². The number of aliphatic hydroxyl groups excluding tert-OH is 1. The molecule has 4 aliphatic carbocycles. The van der Waals surface area contributed by atoms with Crippen LogP contribution in [0.25, 0.3) is 0 Å². The van der Waals surface area contributed by atoms with Crippen LogP contribution in [0.1, 0.15) is 71.6 Å². The largest absolute Gasteiger partial charge is 0.393 e. The lowest BCUT2D eigenvalue weighted by Crippen LogP contribution is -2.66. The van der Waals surface area contributed by atoms with Crippen molar-refractivity contribution in [2.24, 2.45) is 34.5 Å². The van der Waals surface area contributed by atoms with E-state index in [0.29, 0.717) is 29.8 Å². The maximum atomic E-state index is 11.6. The van der Waals surface area contributed by atoms with E-state index in [9.17, 15) is 5.11 Å². The van der Waals surface area contributed by atoms with Gasteiger partial charge in [0.2, 0.25) is 5.79 Å². The lowest BCUT2D eigenvalue weighted by atomic mass is 9.43. The van der Waals surface area contributed by atoms with E-state index in [2.05, 4.69) is 13.8 Å². The van der Waals surface area contributed by atoms with Crippen LogP contribution >= 0.6 is 0 Å². The molecule has 6 fully saturated rings. The van der Waals surface area contributed by atoms with Crippen LogP contribution in [0, 0.1) is 34.5 Å². The summed E-state index contributed by atoms with van der Waals surface area (Å²) in [4.78, 5) is 0. The highest BCUT2D eigenvalue weighted by atomic mass is 16.9. The first-order chi connectivity index (χ1) is 13.5. The Morgan fingerprint density at radius 3 is 2.57 bits per heavy atom. The average Bonchev–Trinajstić information content (AvgIpc) is 3.36. The molecule has 9 atom stereocenters. The van der Waals surface area contributed by atoms with Crippen molar-refractivity contribution in [2.45, 2.75) is 89.1 Å². The molecule has 0 bridgehead atoms. The van der Waals surface area contributed by atoms with Gasteiger partial charge in [0.25, 0.3) is 0 Å². The lowest BCUT2D eigenvalue weighted by Gasteiger charge is -2.63. The Hall–Kier alpha value is -0.200. The van der Waals surface area contributed by atoms with E-state index in [0.717, 1.165) is 25.2 Å². The van der Waals surface area contributed by atoms with Gasteiger partial charge in [-0.2, -0.15) is 0 Å². The van der Waals surface area contributed by atoms with E-state index < -0.39 is 11.4 Å². The molecule has 28 heavy (non-hydrogen) atoms. The second-order valence-corrected chi connectivity index (χ2v) is 11.1.